The summed E-state index contributed by atoms with van der Waals surface area (Å²) < 4.78 is 0.740. The Morgan fingerprint density at radius 1 is 1.33 bits per heavy atom. The number of aromatic nitrogens is 1. The number of benzene rings is 1. The van der Waals surface area contributed by atoms with Crippen molar-refractivity contribution in [1.82, 2.24) is 4.98 Å². The molecule has 30 heavy (non-hydrogen) atoms. The Balaban J connectivity index is 1.56. The molecule has 162 valence electrons. The molecule has 2 atom stereocenters. The van der Waals surface area contributed by atoms with Crippen LogP contribution in [0.25, 0.3) is 0 Å². The Hall–Kier alpha value is -1.90. The first kappa shape index (κ1) is 22.8. The third-order valence-corrected chi connectivity index (χ3v) is 7.40. The minimum atomic E-state index is -1.01. The number of anilines is 1. The first-order valence-corrected chi connectivity index (χ1v) is 12.3. The molecule has 0 aliphatic carbocycles. The summed E-state index contributed by atoms with van der Waals surface area (Å²) in [5.74, 6) is -0.108. The molecule has 3 rings (SSSR count). The van der Waals surface area contributed by atoms with E-state index < -0.39 is 12.1 Å². The standard InChI is InChI=1S/C22H28N2O4S2/c1-2-3-4-5-19(25)15-6-8-16(9-7-15)24-17(10-11-20(24)26)12-13-29-22-23-18(14-30-22)21(27)28/h6-9,14,17,19,25H,2-5,10-13H2,1H3,(H,27,28)/t17-,19+/m1/s1. The zero-order valence-corrected chi connectivity index (χ0v) is 18.8. The molecule has 0 saturated carbocycles. The molecule has 2 aromatic rings. The van der Waals surface area contributed by atoms with Crippen LogP contribution < -0.4 is 4.90 Å². The highest BCUT2D eigenvalue weighted by molar-refractivity contribution is 8.01. The average molecular weight is 449 g/mol. The van der Waals surface area contributed by atoms with E-state index in [1.165, 1.54) is 23.1 Å². The SMILES string of the molecule is CCCCC[C@H](O)c1ccc(N2C(=O)CC[C@@H]2CCSc2nc(C(=O)O)cs2)cc1. The summed E-state index contributed by atoms with van der Waals surface area (Å²) in [7, 11) is 0. The van der Waals surface area contributed by atoms with Gasteiger partial charge in [0.25, 0.3) is 0 Å². The molecule has 2 heterocycles. The van der Waals surface area contributed by atoms with Gasteiger partial charge in [-0.25, -0.2) is 9.78 Å². The Morgan fingerprint density at radius 3 is 2.77 bits per heavy atom. The van der Waals surface area contributed by atoms with E-state index in [-0.39, 0.29) is 17.6 Å². The van der Waals surface area contributed by atoms with Gasteiger partial charge in [-0.2, -0.15) is 0 Å². The number of carbonyl (C=O) groups excluding carboxylic acids is 1. The van der Waals surface area contributed by atoms with Crippen LogP contribution in [-0.2, 0) is 4.79 Å². The molecular weight excluding hydrogens is 420 g/mol. The fourth-order valence-electron chi connectivity index (χ4n) is 3.69. The van der Waals surface area contributed by atoms with E-state index in [2.05, 4.69) is 11.9 Å². The van der Waals surface area contributed by atoms with Crippen LogP contribution in [0, 0.1) is 0 Å². The van der Waals surface area contributed by atoms with Crippen molar-refractivity contribution >= 4 is 40.7 Å². The Bertz CT molecular complexity index is 853. The lowest BCUT2D eigenvalue weighted by molar-refractivity contribution is -0.117. The van der Waals surface area contributed by atoms with E-state index in [4.69, 9.17) is 5.11 Å². The van der Waals surface area contributed by atoms with Crippen molar-refractivity contribution in [2.45, 2.75) is 68.4 Å². The van der Waals surface area contributed by atoms with Gasteiger partial charge in [0, 0.05) is 29.3 Å². The molecule has 1 aliphatic rings. The van der Waals surface area contributed by atoms with Crippen molar-refractivity contribution in [3.63, 3.8) is 0 Å². The highest BCUT2D eigenvalue weighted by Crippen LogP contribution is 2.32. The first-order chi connectivity index (χ1) is 14.5. The molecule has 1 aromatic carbocycles. The van der Waals surface area contributed by atoms with Crippen molar-refractivity contribution in [3.05, 3.63) is 40.9 Å². The number of aromatic carboxylic acids is 1. The van der Waals surface area contributed by atoms with Crippen molar-refractivity contribution < 1.29 is 19.8 Å². The van der Waals surface area contributed by atoms with Gasteiger partial charge in [0.05, 0.1) is 6.10 Å². The highest BCUT2D eigenvalue weighted by Gasteiger charge is 2.31. The maximum absolute atomic E-state index is 12.5. The normalized spacial score (nSPS) is 17.5. The molecule has 0 radical (unpaired) electrons. The van der Waals surface area contributed by atoms with Crippen LogP contribution in [0.4, 0.5) is 5.69 Å². The van der Waals surface area contributed by atoms with Gasteiger partial charge in [-0.15, -0.1) is 11.3 Å². The molecule has 1 fully saturated rings. The smallest absolute Gasteiger partial charge is 0.355 e. The number of hydrogen-bond donors (Lipinski definition) is 2. The lowest BCUT2D eigenvalue weighted by atomic mass is 10.0. The molecule has 0 spiro atoms. The zero-order chi connectivity index (χ0) is 21.5. The minimum Gasteiger partial charge on any atom is -0.476 e. The Labute approximate surface area is 185 Å². The molecular formula is C22H28N2O4S2. The number of aliphatic hydroxyl groups is 1. The molecule has 1 amide bonds. The van der Waals surface area contributed by atoms with Crippen molar-refractivity contribution in [1.29, 1.82) is 0 Å². The van der Waals surface area contributed by atoms with Crippen LogP contribution in [0.5, 0.6) is 0 Å². The molecule has 1 saturated heterocycles. The number of carboxylic acid groups (broad SMARTS) is 1. The van der Waals surface area contributed by atoms with Gasteiger partial charge in [0.2, 0.25) is 5.91 Å². The van der Waals surface area contributed by atoms with Gasteiger partial charge >= 0.3 is 5.97 Å². The van der Waals surface area contributed by atoms with E-state index >= 15 is 0 Å². The summed E-state index contributed by atoms with van der Waals surface area (Å²) in [6.07, 6.45) is 5.74. The number of nitrogens with zero attached hydrogens (tertiary/aromatic N) is 2. The van der Waals surface area contributed by atoms with E-state index in [9.17, 15) is 14.7 Å². The van der Waals surface area contributed by atoms with Gasteiger partial charge in [-0.05, 0) is 37.0 Å². The molecule has 0 unspecified atom stereocenters. The van der Waals surface area contributed by atoms with Crippen LogP contribution in [0.15, 0.2) is 34.0 Å². The second-order valence-electron chi connectivity index (χ2n) is 7.50. The van der Waals surface area contributed by atoms with Crippen molar-refractivity contribution in [3.8, 4) is 0 Å². The summed E-state index contributed by atoms with van der Waals surface area (Å²) in [5, 5.41) is 20.9. The Morgan fingerprint density at radius 2 is 2.10 bits per heavy atom. The third-order valence-electron chi connectivity index (χ3n) is 5.34. The van der Waals surface area contributed by atoms with Gasteiger partial charge in [-0.1, -0.05) is 50.1 Å². The number of rotatable bonds is 11. The Kier molecular flexibility index (Phi) is 8.30. The second kappa shape index (κ2) is 10.9. The van der Waals surface area contributed by atoms with Gasteiger partial charge in [-0.3, -0.25) is 4.79 Å². The summed E-state index contributed by atoms with van der Waals surface area (Å²) in [6, 6.07) is 7.84. The third kappa shape index (κ3) is 5.83. The minimum absolute atomic E-state index is 0.0807. The molecule has 1 aliphatic heterocycles. The fraction of sp³-hybridized carbons (Fsp3) is 0.500. The topological polar surface area (TPSA) is 90.7 Å². The average Bonchev–Trinajstić information content (AvgIpc) is 3.35. The number of aliphatic hydroxyl groups excluding tert-OH is 1. The molecule has 1 aromatic heterocycles. The molecule has 0 bridgehead atoms. The summed E-state index contributed by atoms with van der Waals surface area (Å²) in [6.45, 7) is 2.15. The van der Waals surface area contributed by atoms with Crippen LogP contribution in [0.1, 0.15) is 74.0 Å². The van der Waals surface area contributed by atoms with E-state index in [1.807, 2.05) is 29.2 Å². The van der Waals surface area contributed by atoms with Crippen LogP contribution in [-0.4, -0.2) is 38.9 Å². The lowest BCUT2D eigenvalue weighted by Crippen LogP contribution is -2.33. The second-order valence-corrected chi connectivity index (χ2v) is 9.70. The quantitative estimate of drug-likeness (QED) is 0.366. The van der Waals surface area contributed by atoms with Crippen LogP contribution >= 0.6 is 23.1 Å². The molecule has 6 nitrogen and oxygen atoms in total. The molecule has 8 heteroatoms. The van der Waals surface area contributed by atoms with Gasteiger partial charge < -0.3 is 15.1 Å². The number of thioether (sulfide) groups is 1. The van der Waals surface area contributed by atoms with E-state index in [0.29, 0.717) is 6.42 Å². The number of carboxylic acids is 1. The van der Waals surface area contributed by atoms with Gasteiger partial charge in [0.15, 0.2) is 10.0 Å². The van der Waals surface area contributed by atoms with E-state index in [0.717, 1.165) is 59.9 Å². The predicted octanol–water partition coefficient (Wildman–Crippen LogP) is 5.13. The summed E-state index contributed by atoms with van der Waals surface area (Å²) in [5.41, 5.74) is 1.85. The largest absolute Gasteiger partial charge is 0.476 e. The van der Waals surface area contributed by atoms with E-state index in [1.54, 1.807) is 5.38 Å². The summed E-state index contributed by atoms with van der Waals surface area (Å²) >= 11 is 2.87. The number of thiazole rings is 1. The molecule has 2 N–H and O–H groups in total. The fourth-order valence-corrected chi connectivity index (χ4v) is 5.60. The maximum Gasteiger partial charge on any atom is 0.355 e. The number of carbonyl (C=O) groups is 2. The monoisotopic (exact) mass is 448 g/mol. The van der Waals surface area contributed by atoms with Crippen LogP contribution in [0.3, 0.4) is 0 Å². The number of hydrogen-bond acceptors (Lipinski definition) is 6. The van der Waals surface area contributed by atoms with Crippen molar-refractivity contribution in [2.75, 3.05) is 10.7 Å². The first-order valence-electron chi connectivity index (χ1n) is 10.4. The predicted molar refractivity (Wildman–Crippen MR) is 120 cm³/mol. The highest BCUT2D eigenvalue weighted by atomic mass is 32.2. The van der Waals surface area contributed by atoms with Gasteiger partial charge in [0.1, 0.15) is 0 Å². The lowest BCUT2D eigenvalue weighted by Gasteiger charge is -2.25. The summed E-state index contributed by atoms with van der Waals surface area (Å²) in [4.78, 5) is 29.4. The number of amides is 1. The number of unbranched alkanes of at least 4 members (excludes halogenated alkanes) is 2. The zero-order valence-electron chi connectivity index (χ0n) is 17.1. The van der Waals surface area contributed by atoms with Crippen molar-refractivity contribution in [2.24, 2.45) is 0 Å². The van der Waals surface area contributed by atoms with Crippen LogP contribution in [0.2, 0.25) is 0 Å². The maximum atomic E-state index is 12.5.